The van der Waals surface area contributed by atoms with Gasteiger partial charge in [0.15, 0.2) is 0 Å². The lowest BCUT2D eigenvalue weighted by atomic mass is 9.93. The molecule has 0 saturated carbocycles. The molecule has 4 heteroatoms. The van der Waals surface area contributed by atoms with Gasteiger partial charge in [0.05, 0.1) is 0 Å². The van der Waals surface area contributed by atoms with Crippen molar-refractivity contribution in [2.75, 3.05) is 0 Å². The first-order valence-electron chi connectivity index (χ1n) is 6.07. The van der Waals surface area contributed by atoms with Gasteiger partial charge in [0, 0.05) is 16.2 Å². The highest BCUT2D eigenvalue weighted by molar-refractivity contribution is 6.34. The van der Waals surface area contributed by atoms with Gasteiger partial charge in [-0.2, -0.15) is 0 Å². The number of carbonyl (C=O) groups is 2. The quantitative estimate of drug-likeness (QED) is 0.645. The van der Waals surface area contributed by atoms with Crippen LogP contribution in [-0.4, -0.2) is 11.8 Å². The van der Waals surface area contributed by atoms with Crippen LogP contribution in [0.4, 0.5) is 0 Å². The van der Waals surface area contributed by atoms with E-state index in [0.29, 0.717) is 21.7 Å². The second kappa shape index (κ2) is 4.94. The first-order chi connectivity index (χ1) is 9.65. The molecule has 3 rings (SSSR count). The van der Waals surface area contributed by atoms with E-state index in [-0.39, 0.29) is 5.91 Å². The van der Waals surface area contributed by atoms with Crippen LogP contribution in [0.2, 0.25) is 5.02 Å². The van der Waals surface area contributed by atoms with E-state index in [9.17, 15) is 9.59 Å². The van der Waals surface area contributed by atoms with E-state index in [1.54, 1.807) is 42.5 Å². The summed E-state index contributed by atoms with van der Waals surface area (Å²) in [6.45, 7) is 0. The lowest BCUT2D eigenvalue weighted by molar-refractivity contribution is -0.114. The number of rotatable bonds is 1. The van der Waals surface area contributed by atoms with Crippen LogP contribution in [0, 0.1) is 0 Å². The summed E-state index contributed by atoms with van der Waals surface area (Å²) in [5, 5.41) is 2.94. The van der Waals surface area contributed by atoms with Crippen LogP contribution in [0.5, 0.6) is 0 Å². The van der Waals surface area contributed by atoms with Crippen molar-refractivity contribution in [3.63, 3.8) is 0 Å². The molecule has 0 radical (unpaired) electrons. The highest BCUT2D eigenvalue weighted by atomic mass is 35.5. The summed E-state index contributed by atoms with van der Waals surface area (Å²) in [6, 6.07) is 14.2. The molecule has 1 aliphatic rings. The minimum atomic E-state index is -0.395. The molecule has 2 aromatic rings. The van der Waals surface area contributed by atoms with E-state index in [1.165, 1.54) is 0 Å². The van der Waals surface area contributed by atoms with Crippen molar-refractivity contribution in [1.82, 2.24) is 5.32 Å². The van der Waals surface area contributed by atoms with Gasteiger partial charge in [-0.25, -0.2) is 0 Å². The summed E-state index contributed by atoms with van der Waals surface area (Å²) in [5.74, 6) is -0.762. The van der Waals surface area contributed by atoms with Crippen LogP contribution in [-0.2, 0) is 4.79 Å². The second-order valence-corrected chi connectivity index (χ2v) is 4.88. The summed E-state index contributed by atoms with van der Waals surface area (Å²) < 4.78 is 0. The van der Waals surface area contributed by atoms with Crippen molar-refractivity contribution in [3.8, 4) is 0 Å². The first kappa shape index (κ1) is 12.6. The van der Waals surface area contributed by atoms with Gasteiger partial charge >= 0.3 is 0 Å². The van der Waals surface area contributed by atoms with E-state index in [1.807, 2.05) is 12.1 Å². The molecular weight excluding hydrogens is 274 g/mol. The Morgan fingerprint density at radius 3 is 2.40 bits per heavy atom. The molecule has 0 atom stereocenters. The number of halogens is 1. The Hall–Kier alpha value is -2.39. The minimum absolute atomic E-state index is 0.367. The number of nitrogens with one attached hydrogen (secondary N) is 1. The second-order valence-electron chi connectivity index (χ2n) is 4.44. The Balaban J connectivity index is 2.16. The van der Waals surface area contributed by atoms with E-state index in [0.717, 1.165) is 5.56 Å². The summed E-state index contributed by atoms with van der Waals surface area (Å²) in [5.41, 5.74) is 2.41. The summed E-state index contributed by atoms with van der Waals surface area (Å²) in [6.07, 6.45) is 1.73. The van der Waals surface area contributed by atoms with Crippen LogP contribution in [0.3, 0.4) is 0 Å². The third kappa shape index (κ3) is 2.24. The van der Waals surface area contributed by atoms with Crippen molar-refractivity contribution in [1.29, 1.82) is 0 Å². The highest BCUT2D eigenvalue weighted by Crippen LogP contribution is 2.26. The van der Waals surface area contributed by atoms with Gasteiger partial charge in [-0.05, 0) is 35.4 Å². The number of benzene rings is 2. The third-order valence-electron chi connectivity index (χ3n) is 3.09. The summed E-state index contributed by atoms with van der Waals surface area (Å²) in [7, 11) is 0. The Morgan fingerprint density at radius 1 is 0.900 bits per heavy atom. The normalized spacial score (nSPS) is 15.9. The number of hydrogen-bond acceptors (Lipinski definition) is 2. The van der Waals surface area contributed by atoms with E-state index in [2.05, 4.69) is 5.32 Å². The number of carbonyl (C=O) groups excluding carboxylic acids is 2. The molecule has 1 aliphatic heterocycles. The van der Waals surface area contributed by atoms with Gasteiger partial charge in [0.25, 0.3) is 11.8 Å². The third-order valence-corrected chi connectivity index (χ3v) is 3.33. The standard InChI is InChI=1S/C16H10ClNO2/c17-11-5-3-4-10(8-11)9-14-12-6-1-2-7-13(12)15(19)18-16(14)20/h1-9H,(H,18,19,20)/b14-9+. The maximum Gasteiger partial charge on any atom is 0.258 e. The van der Waals surface area contributed by atoms with Crippen molar-refractivity contribution in [3.05, 3.63) is 70.2 Å². The number of fused-ring (bicyclic) bond motifs is 1. The topological polar surface area (TPSA) is 46.2 Å². The molecule has 0 spiro atoms. The van der Waals surface area contributed by atoms with Crippen LogP contribution >= 0.6 is 11.6 Å². The van der Waals surface area contributed by atoms with Gasteiger partial charge in [0.1, 0.15) is 0 Å². The molecule has 0 aromatic heterocycles. The monoisotopic (exact) mass is 283 g/mol. The van der Waals surface area contributed by atoms with Gasteiger partial charge in [-0.15, -0.1) is 0 Å². The molecule has 1 heterocycles. The predicted molar refractivity (Wildman–Crippen MR) is 78.2 cm³/mol. The van der Waals surface area contributed by atoms with Crippen molar-refractivity contribution < 1.29 is 9.59 Å². The molecule has 0 unspecified atom stereocenters. The van der Waals surface area contributed by atoms with E-state index < -0.39 is 5.91 Å². The Bertz CT molecular complexity index is 750. The summed E-state index contributed by atoms with van der Waals surface area (Å²) >= 11 is 5.94. The van der Waals surface area contributed by atoms with Crippen LogP contribution in [0.15, 0.2) is 48.5 Å². The molecule has 1 N–H and O–H groups in total. The van der Waals surface area contributed by atoms with Crippen LogP contribution in [0.25, 0.3) is 11.6 Å². The van der Waals surface area contributed by atoms with Gasteiger partial charge in [0.2, 0.25) is 0 Å². The van der Waals surface area contributed by atoms with Crippen molar-refractivity contribution in [2.24, 2.45) is 0 Å². The number of hydrogen-bond donors (Lipinski definition) is 1. The van der Waals surface area contributed by atoms with E-state index in [4.69, 9.17) is 11.6 Å². The largest absolute Gasteiger partial charge is 0.288 e. The fraction of sp³-hybridized carbons (Fsp3) is 0. The SMILES string of the molecule is O=C1NC(=O)c2ccccc2/C1=C\c1cccc(Cl)c1. The smallest absolute Gasteiger partial charge is 0.258 e. The molecule has 0 saturated heterocycles. The molecule has 3 nitrogen and oxygen atoms in total. The minimum Gasteiger partial charge on any atom is -0.288 e. The fourth-order valence-electron chi connectivity index (χ4n) is 2.18. The van der Waals surface area contributed by atoms with Gasteiger partial charge in [-0.1, -0.05) is 41.9 Å². The maximum absolute atomic E-state index is 12.0. The van der Waals surface area contributed by atoms with E-state index >= 15 is 0 Å². The zero-order valence-electron chi connectivity index (χ0n) is 10.4. The molecule has 0 fully saturated rings. The molecule has 2 amide bonds. The Labute approximate surface area is 120 Å². The molecule has 0 bridgehead atoms. The number of imide groups is 1. The molecular formula is C16H10ClNO2. The lowest BCUT2D eigenvalue weighted by Crippen LogP contribution is -2.36. The molecule has 0 aliphatic carbocycles. The molecule has 20 heavy (non-hydrogen) atoms. The van der Waals surface area contributed by atoms with Crippen LogP contribution in [0.1, 0.15) is 21.5 Å². The average Bonchev–Trinajstić information content (AvgIpc) is 2.43. The highest BCUT2D eigenvalue weighted by Gasteiger charge is 2.26. The number of amides is 2. The van der Waals surface area contributed by atoms with Crippen molar-refractivity contribution >= 4 is 35.1 Å². The zero-order chi connectivity index (χ0) is 14.1. The fourth-order valence-corrected chi connectivity index (χ4v) is 2.38. The zero-order valence-corrected chi connectivity index (χ0v) is 11.1. The van der Waals surface area contributed by atoms with Crippen LogP contribution < -0.4 is 5.32 Å². The predicted octanol–water partition coefficient (Wildman–Crippen LogP) is 3.15. The van der Waals surface area contributed by atoms with Gasteiger partial charge in [-0.3, -0.25) is 14.9 Å². The first-order valence-corrected chi connectivity index (χ1v) is 6.45. The lowest BCUT2D eigenvalue weighted by Gasteiger charge is -2.18. The van der Waals surface area contributed by atoms with Gasteiger partial charge < -0.3 is 0 Å². The summed E-state index contributed by atoms with van der Waals surface area (Å²) in [4.78, 5) is 23.8. The Kier molecular flexibility index (Phi) is 3.12. The maximum atomic E-state index is 12.0. The average molecular weight is 284 g/mol. The van der Waals surface area contributed by atoms with Crippen molar-refractivity contribution in [2.45, 2.75) is 0 Å². The molecule has 98 valence electrons. The Morgan fingerprint density at radius 2 is 1.65 bits per heavy atom. The molecule has 2 aromatic carbocycles.